The summed E-state index contributed by atoms with van der Waals surface area (Å²) in [5.41, 5.74) is 0.723. The summed E-state index contributed by atoms with van der Waals surface area (Å²) in [4.78, 5) is 0. The van der Waals surface area contributed by atoms with Gasteiger partial charge in [-0.3, -0.25) is 0 Å². The van der Waals surface area contributed by atoms with Crippen molar-refractivity contribution in [2.24, 2.45) is 0 Å². The van der Waals surface area contributed by atoms with Crippen molar-refractivity contribution in [1.29, 1.82) is 0 Å². The second-order valence-corrected chi connectivity index (χ2v) is 4.53. The summed E-state index contributed by atoms with van der Waals surface area (Å²) < 4.78 is 28.3. The molecule has 4 rings (SSSR count). The molecule has 98 valence electrons. The van der Waals surface area contributed by atoms with Crippen molar-refractivity contribution >= 4 is 28.0 Å². The third-order valence-electron chi connectivity index (χ3n) is 2.96. The van der Waals surface area contributed by atoms with Crippen molar-refractivity contribution in [3.63, 3.8) is 0 Å². The molecule has 0 aliphatic heterocycles. The summed E-state index contributed by atoms with van der Waals surface area (Å²) in [5, 5.41) is 18.0. The normalized spacial score (nSPS) is 14.3. The van der Waals surface area contributed by atoms with Crippen LogP contribution < -0.4 is 0 Å². The lowest BCUT2D eigenvalue weighted by Crippen LogP contribution is -1.97. The molecule has 0 bridgehead atoms. The second kappa shape index (κ2) is 4.01. The van der Waals surface area contributed by atoms with E-state index in [1.54, 1.807) is 0 Å². The van der Waals surface area contributed by atoms with Crippen molar-refractivity contribution in [2.75, 3.05) is 0 Å². The topological polar surface area (TPSA) is 69.1 Å². The van der Waals surface area contributed by atoms with Gasteiger partial charge in [-0.15, -0.1) is 10.2 Å². The van der Waals surface area contributed by atoms with Gasteiger partial charge in [0.2, 0.25) is 5.82 Å². The fourth-order valence-corrected chi connectivity index (χ4v) is 2.32. The third-order valence-corrected chi connectivity index (χ3v) is 3.24. The molecular weight excluding hydrogens is 278 g/mol. The molecule has 0 radical (unpaired) electrons. The Morgan fingerprint density at radius 1 is 1.25 bits per heavy atom. The minimum atomic E-state index is -2.39. The van der Waals surface area contributed by atoms with Gasteiger partial charge < -0.3 is 4.52 Å². The maximum Gasteiger partial charge on any atom is 0.207 e. The molecule has 0 aliphatic carbocycles. The number of hydrogen-bond acceptors (Lipinski definition) is 5. The fraction of sp³-hybridized carbons (Fsp3) is 0.0769. The molecular formula is C13H8ClN5O. The van der Waals surface area contributed by atoms with Crippen LogP contribution in [0.5, 0.6) is 0 Å². The first-order valence-corrected chi connectivity index (χ1v) is 6.10. The highest BCUT2D eigenvalue weighted by atomic mass is 35.5. The average Bonchev–Trinajstić information content (AvgIpc) is 3.13. The first-order chi connectivity index (χ1) is 10.9. The van der Waals surface area contributed by atoms with Crippen LogP contribution in [0.2, 0.25) is 5.15 Å². The Balaban J connectivity index is 1.97. The van der Waals surface area contributed by atoms with E-state index in [9.17, 15) is 0 Å². The van der Waals surface area contributed by atoms with Gasteiger partial charge in [-0.1, -0.05) is 41.0 Å². The van der Waals surface area contributed by atoms with Crippen molar-refractivity contribution in [1.82, 2.24) is 25.0 Å². The molecule has 3 heterocycles. The van der Waals surface area contributed by atoms with Crippen LogP contribution in [0.3, 0.4) is 0 Å². The van der Waals surface area contributed by atoms with Gasteiger partial charge in [0.05, 0.1) is 0 Å². The SMILES string of the molecule is [2H]C([2H])([2H])c1cc(-c2nnc3c4ccccc4c(Cl)nn23)no1. The Hall–Kier alpha value is -2.47. The second-order valence-electron chi connectivity index (χ2n) is 4.17. The van der Waals surface area contributed by atoms with Crippen LogP contribution in [0.25, 0.3) is 27.9 Å². The zero-order chi connectivity index (χ0) is 16.2. The van der Waals surface area contributed by atoms with E-state index >= 15 is 0 Å². The largest absolute Gasteiger partial charge is 0.361 e. The summed E-state index contributed by atoms with van der Waals surface area (Å²) in [5.74, 6) is 0.0306. The molecule has 3 aromatic heterocycles. The van der Waals surface area contributed by atoms with Crippen LogP contribution in [0.15, 0.2) is 34.9 Å². The number of aryl methyl sites for hydroxylation is 1. The molecule has 0 N–H and O–H groups in total. The maximum absolute atomic E-state index is 7.34. The predicted octanol–water partition coefficient (Wildman–Crippen LogP) is 2.89. The summed E-state index contributed by atoms with van der Waals surface area (Å²) >= 11 is 6.21. The predicted molar refractivity (Wildman–Crippen MR) is 73.5 cm³/mol. The average molecular weight is 289 g/mol. The van der Waals surface area contributed by atoms with Gasteiger partial charge in [0.15, 0.2) is 16.5 Å². The molecule has 0 fully saturated rings. The molecule has 0 spiro atoms. The Kier molecular flexibility index (Phi) is 1.73. The smallest absolute Gasteiger partial charge is 0.207 e. The third kappa shape index (κ3) is 1.51. The van der Waals surface area contributed by atoms with Crippen LogP contribution in [0.4, 0.5) is 0 Å². The van der Waals surface area contributed by atoms with Crippen molar-refractivity contribution in [3.8, 4) is 11.5 Å². The van der Waals surface area contributed by atoms with E-state index in [1.165, 1.54) is 10.6 Å². The van der Waals surface area contributed by atoms with Crippen LogP contribution in [-0.4, -0.2) is 25.0 Å². The number of benzene rings is 1. The highest BCUT2D eigenvalue weighted by Crippen LogP contribution is 2.26. The monoisotopic (exact) mass is 288 g/mol. The zero-order valence-electron chi connectivity index (χ0n) is 12.9. The van der Waals surface area contributed by atoms with E-state index in [0.717, 1.165) is 10.8 Å². The van der Waals surface area contributed by atoms with Crippen LogP contribution >= 0.6 is 11.6 Å². The molecule has 0 unspecified atom stereocenters. The lowest BCUT2D eigenvalue weighted by atomic mass is 10.2. The highest BCUT2D eigenvalue weighted by Gasteiger charge is 2.16. The molecule has 20 heavy (non-hydrogen) atoms. The van der Waals surface area contributed by atoms with Crippen molar-refractivity contribution in [3.05, 3.63) is 41.2 Å². The van der Waals surface area contributed by atoms with E-state index in [1.807, 2.05) is 24.3 Å². The molecule has 4 aromatic rings. The standard InChI is InChI=1S/C13H8ClN5O/c1-7-6-10(18-20-7)13-16-15-12-9-5-3-2-4-8(9)11(14)17-19(12)13/h2-6H,1H3/i1D3. The fourth-order valence-electron chi connectivity index (χ4n) is 2.08. The van der Waals surface area contributed by atoms with E-state index in [2.05, 4.69) is 20.5 Å². The van der Waals surface area contributed by atoms with Crippen LogP contribution in [-0.2, 0) is 0 Å². The summed E-state index contributed by atoms with van der Waals surface area (Å²) in [7, 11) is 0. The summed E-state index contributed by atoms with van der Waals surface area (Å²) in [6, 6.07) is 8.70. The molecule has 0 saturated carbocycles. The molecule has 0 amide bonds. The number of fused-ring (bicyclic) bond motifs is 3. The minimum absolute atomic E-state index is 0.225. The van der Waals surface area contributed by atoms with E-state index in [0.29, 0.717) is 5.65 Å². The molecule has 7 heteroatoms. The van der Waals surface area contributed by atoms with Gasteiger partial charge in [0.25, 0.3) is 0 Å². The summed E-state index contributed by atoms with van der Waals surface area (Å²) in [6.45, 7) is -2.39. The van der Waals surface area contributed by atoms with E-state index in [-0.39, 0.29) is 22.4 Å². The quantitative estimate of drug-likeness (QED) is 0.539. The Labute approximate surface area is 122 Å². The minimum Gasteiger partial charge on any atom is -0.361 e. The first-order valence-electron chi connectivity index (χ1n) is 7.22. The van der Waals surface area contributed by atoms with E-state index < -0.39 is 6.85 Å². The van der Waals surface area contributed by atoms with Crippen molar-refractivity contribution < 1.29 is 8.64 Å². The number of halogens is 1. The maximum atomic E-state index is 7.34. The van der Waals surface area contributed by atoms with Gasteiger partial charge in [-0.05, 0) is 6.85 Å². The lowest BCUT2D eigenvalue weighted by molar-refractivity contribution is 0.399. The Morgan fingerprint density at radius 2 is 2.10 bits per heavy atom. The highest BCUT2D eigenvalue weighted by molar-refractivity contribution is 6.34. The molecule has 1 aromatic carbocycles. The zero-order valence-corrected chi connectivity index (χ0v) is 10.7. The van der Waals surface area contributed by atoms with E-state index in [4.69, 9.17) is 20.2 Å². The van der Waals surface area contributed by atoms with Gasteiger partial charge in [-0.2, -0.15) is 9.61 Å². The number of nitrogens with zero attached hydrogens (tertiary/aromatic N) is 5. The van der Waals surface area contributed by atoms with Gasteiger partial charge in [0.1, 0.15) is 5.76 Å². The summed E-state index contributed by atoms with van der Waals surface area (Å²) in [6.07, 6.45) is 0. The lowest BCUT2D eigenvalue weighted by Gasteiger charge is -2.02. The van der Waals surface area contributed by atoms with Crippen LogP contribution in [0.1, 0.15) is 9.87 Å². The molecule has 6 nitrogen and oxygen atoms in total. The van der Waals surface area contributed by atoms with Gasteiger partial charge in [-0.25, -0.2) is 0 Å². The number of hydrogen-bond donors (Lipinski definition) is 0. The Bertz CT molecular complexity index is 1040. The first kappa shape index (κ1) is 8.65. The van der Waals surface area contributed by atoms with Crippen LogP contribution in [0, 0.1) is 6.85 Å². The molecule has 0 saturated heterocycles. The molecule has 0 atom stereocenters. The van der Waals surface area contributed by atoms with Crippen molar-refractivity contribution in [2.45, 2.75) is 6.85 Å². The Morgan fingerprint density at radius 3 is 2.90 bits per heavy atom. The number of aromatic nitrogens is 5. The molecule has 0 aliphatic rings. The van der Waals surface area contributed by atoms with Gasteiger partial charge >= 0.3 is 0 Å². The number of rotatable bonds is 1. The van der Waals surface area contributed by atoms with Gasteiger partial charge in [0, 0.05) is 21.0 Å².